The SMILES string of the molecule is COc1cc(Cl)c(Cl)cc1Nc1ccccc1N. The molecule has 0 unspecified atom stereocenters. The Bertz CT molecular complexity index is 573. The summed E-state index contributed by atoms with van der Waals surface area (Å²) in [5.41, 5.74) is 8.01. The van der Waals surface area contributed by atoms with Crippen LogP contribution in [0.1, 0.15) is 0 Å². The monoisotopic (exact) mass is 282 g/mol. The van der Waals surface area contributed by atoms with Crippen LogP contribution in [0.25, 0.3) is 0 Å². The van der Waals surface area contributed by atoms with E-state index in [2.05, 4.69) is 5.32 Å². The third kappa shape index (κ3) is 2.63. The van der Waals surface area contributed by atoms with Gasteiger partial charge in [0.2, 0.25) is 0 Å². The van der Waals surface area contributed by atoms with Crippen molar-refractivity contribution >= 4 is 40.3 Å². The van der Waals surface area contributed by atoms with Crippen molar-refractivity contribution in [2.45, 2.75) is 0 Å². The number of hydrogen-bond donors (Lipinski definition) is 2. The van der Waals surface area contributed by atoms with E-state index in [-0.39, 0.29) is 0 Å². The second-order valence-corrected chi connectivity index (χ2v) is 4.49. The second-order valence-electron chi connectivity index (χ2n) is 3.68. The summed E-state index contributed by atoms with van der Waals surface area (Å²) in [5.74, 6) is 0.604. The topological polar surface area (TPSA) is 47.3 Å². The number of methoxy groups -OCH3 is 1. The maximum absolute atomic E-state index is 5.99. The van der Waals surface area contributed by atoms with Crippen molar-refractivity contribution in [3.8, 4) is 5.75 Å². The predicted octanol–water partition coefficient (Wildman–Crippen LogP) is 4.33. The summed E-state index contributed by atoms with van der Waals surface area (Å²) in [6.45, 7) is 0. The van der Waals surface area contributed by atoms with E-state index >= 15 is 0 Å². The average Bonchev–Trinajstić information content (AvgIpc) is 2.36. The molecule has 0 radical (unpaired) electrons. The molecule has 0 aliphatic rings. The molecule has 0 amide bonds. The molecule has 2 aromatic carbocycles. The zero-order valence-corrected chi connectivity index (χ0v) is 11.2. The minimum absolute atomic E-state index is 0.445. The van der Waals surface area contributed by atoms with Gasteiger partial charge in [0.25, 0.3) is 0 Å². The molecule has 2 rings (SSSR count). The molecule has 0 bridgehead atoms. The van der Waals surface area contributed by atoms with E-state index in [1.807, 2.05) is 24.3 Å². The molecular weight excluding hydrogens is 271 g/mol. The second kappa shape index (κ2) is 5.38. The number of anilines is 3. The number of nitrogens with one attached hydrogen (secondary N) is 1. The highest BCUT2D eigenvalue weighted by Crippen LogP contribution is 2.36. The van der Waals surface area contributed by atoms with Crippen LogP contribution < -0.4 is 15.8 Å². The molecule has 0 spiro atoms. The highest BCUT2D eigenvalue weighted by atomic mass is 35.5. The van der Waals surface area contributed by atoms with Gasteiger partial charge in [-0.3, -0.25) is 0 Å². The fraction of sp³-hybridized carbons (Fsp3) is 0.0769. The van der Waals surface area contributed by atoms with Crippen LogP contribution in [0.2, 0.25) is 10.0 Å². The molecule has 0 aromatic heterocycles. The van der Waals surface area contributed by atoms with E-state index in [0.717, 1.165) is 5.69 Å². The molecule has 0 aliphatic heterocycles. The van der Waals surface area contributed by atoms with Gasteiger partial charge in [0.1, 0.15) is 5.75 Å². The fourth-order valence-corrected chi connectivity index (χ4v) is 1.87. The van der Waals surface area contributed by atoms with E-state index < -0.39 is 0 Å². The number of para-hydroxylation sites is 2. The minimum Gasteiger partial charge on any atom is -0.495 e. The molecule has 0 atom stereocenters. The Hall–Kier alpha value is -1.58. The maximum Gasteiger partial charge on any atom is 0.143 e. The number of hydrogen-bond acceptors (Lipinski definition) is 3. The van der Waals surface area contributed by atoms with Gasteiger partial charge < -0.3 is 15.8 Å². The lowest BCUT2D eigenvalue weighted by Crippen LogP contribution is -1.98. The van der Waals surface area contributed by atoms with Gasteiger partial charge >= 0.3 is 0 Å². The fourth-order valence-electron chi connectivity index (χ4n) is 1.55. The van der Waals surface area contributed by atoms with Gasteiger partial charge in [0, 0.05) is 6.07 Å². The highest BCUT2D eigenvalue weighted by Gasteiger charge is 2.09. The molecule has 0 heterocycles. The van der Waals surface area contributed by atoms with Crippen molar-refractivity contribution in [3.05, 3.63) is 46.4 Å². The number of halogens is 2. The van der Waals surface area contributed by atoms with Crippen LogP contribution in [-0.2, 0) is 0 Å². The van der Waals surface area contributed by atoms with Crippen LogP contribution in [-0.4, -0.2) is 7.11 Å². The smallest absolute Gasteiger partial charge is 0.143 e. The summed E-state index contributed by atoms with van der Waals surface area (Å²) in [4.78, 5) is 0. The predicted molar refractivity (Wildman–Crippen MR) is 77.2 cm³/mol. The van der Waals surface area contributed by atoms with E-state index in [4.69, 9.17) is 33.7 Å². The van der Waals surface area contributed by atoms with Crippen molar-refractivity contribution in [1.82, 2.24) is 0 Å². The number of rotatable bonds is 3. The maximum atomic E-state index is 5.99. The number of benzene rings is 2. The molecule has 3 N–H and O–H groups in total. The molecular formula is C13H12Cl2N2O. The normalized spacial score (nSPS) is 10.2. The lowest BCUT2D eigenvalue weighted by molar-refractivity contribution is 0.417. The number of ether oxygens (including phenoxy) is 1. The van der Waals surface area contributed by atoms with Gasteiger partial charge in [0.15, 0.2) is 0 Å². The Kier molecular flexibility index (Phi) is 3.84. The molecule has 18 heavy (non-hydrogen) atoms. The molecule has 3 nitrogen and oxygen atoms in total. The minimum atomic E-state index is 0.445. The van der Waals surface area contributed by atoms with Gasteiger partial charge in [-0.1, -0.05) is 35.3 Å². The standard InChI is InChI=1S/C13H12Cl2N2O/c1-18-13-7-9(15)8(14)6-12(13)17-11-5-3-2-4-10(11)16/h2-7,17H,16H2,1H3. The summed E-state index contributed by atoms with van der Waals surface area (Å²) >= 11 is 11.9. The summed E-state index contributed by atoms with van der Waals surface area (Å²) in [6, 6.07) is 10.8. The van der Waals surface area contributed by atoms with E-state index in [1.165, 1.54) is 0 Å². The molecule has 0 aliphatic carbocycles. The van der Waals surface area contributed by atoms with E-state index in [9.17, 15) is 0 Å². The van der Waals surface area contributed by atoms with Crippen LogP contribution >= 0.6 is 23.2 Å². The van der Waals surface area contributed by atoms with Crippen molar-refractivity contribution in [1.29, 1.82) is 0 Å². The lowest BCUT2D eigenvalue weighted by Gasteiger charge is -2.13. The largest absolute Gasteiger partial charge is 0.495 e. The van der Waals surface area contributed by atoms with Crippen LogP contribution in [0.3, 0.4) is 0 Å². The average molecular weight is 283 g/mol. The molecule has 0 saturated heterocycles. The third-order valence-corrected chi connectivity index (χ3v) is 3.19. The Morgan fingerprint density at radius 2 is 1.72 bits per heavy atom. The number of nitrogen functional groups attached to an aromatic ring is 1. The first-order chi connectivity index (χ1) is 8.61. The van der Waals surface area contributed by atoms with Crippen molar-refractivity contribution < 1.29 is 4.74 Å². The first-order valence-corrected chi connectivity index (χ1v) is 6.02. The van der Waals surface area contributed by atoms with Gasteiger partial charge in [-0.05, 0) is 18.2 Å². The number of nitrogens with two attached hydrogens (primary N) is 1. The summed E-state index contributed by atoms with van der Waals surface area (Å²) in [7, 11) is 1.57. The van der Waals surface area contributed by atoms with Crippen LogP contribution in [0.4, 0.5) is 17.1 Å². The van der Waals surface area contributed by atoms with Gasteiger partial charge in [0.05, 0.1) is 34.2 Å². The van der Waals surface area contributed by atoms with Crippen molar-refractivity contribution in [3.63, 3.8) is 0 Å². The third-order valence-electron chi connectivity index (χ3n) is 2.47. The zero-order chi connectivity index (χ0) is 13.1. The first kappa shape index (κ1) is 12.9. The summed E-state index contributed by atoms with van der Waals surface area (Å²) in [5, 5.41) is 4.06. The van der Waals surface area contributed by atoms with Crippen molar-refractivity contribution in [2.75, 3.05) is 18.2 Å². The van der Waals surface area contributed by atoms with E-state index in [0.29, 0.717) is 27.2 Å². The Balaban J connectivity index is 2.40. The highest BCUT2D eigenvalue weighted by molar-refractivity contribution is 6.42. The lowest BCUT2D eigenvalue weighted by atomic mass is 10.2. The molecule has 5 heteroatoms. The molecule has 0 saturated carbocycles. The van der Waals surface area contributed by atoms with Gasteiger partial charge in [-0.25, -0.2) is 0 Å². The molecule has 0 fully saturated rings. The van der Waals surface area contributed by atoms with Gasteiger partial charge in [-0.15, -0.1) is 0 Å². The zero-order valence-electron chi connectivity index (χ0n) is 9.71. The van der Waals surface area contributed by atoms with Crippen LogP contribution in [0.15, 0.2) is 36.4 Å². The van der Waals surface area contributed by atoms with Crippen molar-refractivity contribution in [2.24, 2.45) is 0 Å². The summed E-state index contributed by atoms with van der Waals surface area (Å²) in [6.07, 6.45) is 0. The van der Waals surface area contributed by atoms with Crippen LogP contribution in [0, 0.1) is 0 Å². The molecule has 94 valence electrons. The Labute approximate surface area is 115 Å². The van der Waals surface area contributed by atoms with Gasteiger partial charge in [-0.2, -0.15) is 0 Å². The first-order valence-electron chi connectivity index (χ1n) is 5.26. The Morgan fingerprint density at radius 1 is 1.06 bits per heavy atom. The van der Waals surface area contributed by atoms with E-state index in [1.54, 1.807) is 19.2 Å². The van der Waals surface area contributed by atoms with Crippen LogP contribution in [0.5, 0.6) is 5.75 Å². The quantitative estimate of drug-likeness (QED) is 0.824. The molecule has 2 aromatic rings. The summed E-state index contributed by atoms with van der Waals surface area (Å²) < 4.78 is 5.25. The Morgan fingerprint density at radius 3 is 2.39 bits per heavy atom.